The average molecular weight is 214 g/mol. The Morgan fingerprint density at radius 2 is 1.33 bits per heavy atom. The number of nitrogens with zero attached hydrogens (tertiary/aromatic N) is 2. The summed E-state index contributed by atoms with van der Waals surface area (Å²) >= 11 is 0. The summed E-state index contributed by atoms with van der Waals surface area (Å²) in [4.78, 5) is 4.37. The van der Waals surface area contributed by atoms with Crippen LogP contribution < -0.4 is 0 Å². The molecule has 1 aliphatic carbocycles. The molecule has 15 heavy (non-hydrogen) atoms. The Labute approximate surface area is 94.1 Å². The van der Waals surface area contributed by atoms with Crippen molar-refractivity contribution < 1.29 is 5.11 Å². The van der Waals surface area contributed by atoms with Gasteiger partial charge in [0.05, 0.1) is 6.10 Å². The Hall–Kier alpha value is -0.120. The molecule has 1 saturated carbocycles. The molecule has 90 valence electrons. The van der Waals surface area contributed by atoms with Crippen molar-refractivity contribution in [2.45, 2.75) is 25.4 Å². The first kappa shape index (κ1) is 12.9. The summed E-state index contributed by atoms with van der Waals surface area (Å²) in [6.45, 7) is 2.04. The van der Waals surface area contributed by atoms with Crippen LogP contribution in [0.3, 0.4) is 0 Å². The topological polar surface area (TPSA) is 26.7 Å². The highest BCUT2D eigenvalue weighted by Gasteiger charge is 2.31. The summed E-state index contributed by atoms with van der Waals surface area (Å²) in [5, 5.41) is 10.3. The van der Waals surface area contributed by atoms with E-state index in [1.54, 1.807) is 0 Å². The summed E-state index contributed by atoms with van der Waals surface area (Å²) in [5.41, 5.74) is 0. The van der Waals surface area contributed by atoms with Crippen molar-refractivity contribution in [3.05, 3.63) is 0 Å². The van der Waals surface area contributed by atoms with Gasteiger partial charge in [0, 0.05) is 13.1 Å². The first-order chi connectivity index (χ1) is 7.00. The lowest BCUT2D eigenvalue weighted by atomic mass is 9.78. The van der Waals surface area contributed by atoms with Crippen molar-refractivity contribution in [1.29, 1.82) is 0 Å². The van der Waals surface area contributed by atoms with E-state index in [0.717, 1.165) is 13.1 Å². The van der Waals surface area contributed by atoms with Gasteiger partial charge in [-0.3, -0.25) is 0 Å². The minimum atomic E-state index is -0.108. The van der Waals surface area contributed by atoms with E-state index in [-0.39, 0.29) is 6.10 Å². The number of aliphatic hydroxyl groups is 1. The van der Waals surface area contributed by atoms with E-state index >= 15 is 0 Å². The Kier molecular flexibility index (Phi) is 5.03. The van der Waals surface area contributed by atoms with Crippen LogP contribution in [0.15, 0.2) is 0 Å². The third-order valence-electron chi connectivity index (χ3n) is 3.32. The molecule has 1 N–H and O–H groups in total. The molecule has 3 heteroatoms. The van der Waals surface area contributed by atoms with Gasteiger partial charge in [-0.1, -0.05) is 6.42 Å². The lowest BCUT2D eigenvalue weighted by Gasteiger charge is -2.37. The summed E-state index contributed by atoms with van der Waals surface area (Å²) in [6.07, 6.45) is 3.53. The van der Waals surface area contributed by atoms with E-state index < -0.39 is 0 Å². The molecule has 0 aromatic rings. The standard InChI is InChI=1S/C12H26N2O/c1-13(2)8-10-6-5-7-11(12(10)15)9-14(3)4/h10-12,15H,5-9H2,1-4H3/t10-,11-/m1/s1. The van der Waals surface area contributed by atoms with Crippen LogP contribution in [0.25, 0.3) is 0 Å². The lowest BCUT2D eigenvalue weighted by Crippen LogP contribution is -2.42. The smallest absolute Gasteiger partial charge is 0.0620 e. The molecule has 0 bridgehead atoms. The predicted molar refractivity (Wildman–Crippen MR) is 63.9 cm³/mol. The fourth-order valence-electron chi connectivity index (χ4n) is 2.71. The summed E-state index contributed by atoms with van der Waals surface area (Å²) in [6, 6.07) is 0. The van der Waals surface area contributed by atoms with Gasteiger partial charge in [0.1, 0.15) is 0 Å². The maximum Gasteiger partial charge on any atom is 0.0620 e. The molecule has 0 saturated heterocycles. The van der Waals surface area contributed by atoms with Gasteiger partial charge in [-0.25, -0.2) is 0 Å². The van der Waals surface area contributed by atoms with Crippen LogP contribution in [-0.2, 0) is 0 Å². The average Bonchev–Trinajstić information content (AvgIpc) is 2.10. The van der Waals surface area contributed by atoms with E-state index in [1.165, 1.54) is 19.3 Å². The van der Waals surface area contributed by atoms with Crippen LogP contribution in [0.1, 0.15) is 19.3 Å². The van der Waals surface area contributed by atoms with Crippen molar-refractivity contribution in [1.82, 2.24) is 9.80 Å². The minimum Gasteiger partial charge on any atom is -0.392 e. The molecule has 0 aliphatic heterocycles. The zero-order chi connectivity index (χ0) is 11.4. The van der Waals surface area contributed by atoms with Gasteiger partial charge in [0.2, 0.25) is 0 Å². The second kappa shape index (κ2) is 5.83. The predicted octanol–water partition coefficient (Wildman–Crippen LogP) is 0.887. The number of aliphatic hydroxyl groups excluding tert-OH is 1. The zero-order valence-corrected chi connectivity index (χ0v) is 10.6. The maximum atomic E-state index is 10.3. The molecule has 0 unspecified atom stereocenters. The van der Waals surface area contributed by atoms with Crippen molar-refractivity contribution in [2.75, 3.05) is 41.3 Å². The summed E-state index contributed by atoms with van der Waals surface area (Å²) in [5.74, 6) is 0.942. The molecule has 0 radical (unpaired) electrons. The second-order valence-corrected chi connectivity index (χ2v) is 5.47. The quantitative estimate of drug-likeness (QED) is 0.753. The molecular weight excluding hydrogens is 188 g/mol. The molecule has 1 fully saturated rings. The van der Waals surface area contributed by atoms with Gasteiger partial charge in [-0.15, -0.1) is 0 Å². The first-order valence-electron chi connectivity index (χ1n) is 5.98. The minimum absolute atomic E-state index is 0.108. The highest BCUT2D eigenvalue weighted by molar-refractivity contribution is 4.84. The zero-order valence-electron chi connectivity index (χ0n) is 10.6. The first-order valence-corrected chi connectivity index (χ1v) is 5.98. The van der Waals surface area contributed by atoms with Gasteiger partial charge in [-0.2, -0.15) is 0 Å². The van der Waals surface area contributed by atoms with Gasteiger partial charge >= 0.3 is 0 Å². The Balaban J connectivity index is 2.47. The van der Waals surface area contributed by atoms with E-state index in [4.69, 9.17) is 0 Å². The highest BCUT2D eigenvalue weighted by Crippen LogP contribution is 2.30. The Morgan fingerprint density at radius 3 is 1.67 bits per heavy atom. The number of hydrogen-bond donors (Lipinski definition) is 1. The second-order valence-electron chi connectivity index (χ2n) is 5.47. The monoisotopic (exact) mass is 214 g/mol. The molecule has 0 amide bonds. The molecule has 1 rings (SSSR count). The van der Waals surface area contributed by atoms with Crippen molar-refractivity contribution >= 4 is 0 Å². The molecule has 3 nitrogen and oxygen atoms in total. The molecular formula is C12H26N2O. The summed E-state index contributed by atoms with van der Waals surface area (Å²) < 4.78 is 0. The van der Waals surface area contributed by atoms with Crippen LogP contribution in [0.5, 0.6) is 0 Å². The molecule has 0 spiro atoms. The molecule has 1 aliphatic rings. The van der Waals surface area contributed by atoms with Crippen molar-refractivity contribution in [3.63, 3.8) is 0 Å². The highest BCUT2D eigenvalue weighted by atomic mass is 16.3. The fraction of sp³-hybridized carbons (Fsp3) is 1.00. The Morgan fingerprint density at radius 1 is 0.933 bits per heavy atom. The SMILES string of the molecule is CN(C)C[C@H]1CCC[C@H](CN(C)C)C1O. The molecule has 0 aromatic heterocycles. The number of hydrogen-bond acceptors (Lipinski definition) is 3. The third-order valence-corrected chi connectivity index (χ3v) is 3.32. The van der Waals surface area contributed by atoms with Gasteiger partial charge < -0.3 is 14.9 Å². The summed E-state index contributed by atoms with van der Waals surface area (Å²) in [7, 11) is 8.34. The largest absolute Gasteiger partial charge is 0.392 e. The van der Waals surface area contributed by atoms with Crippen LogP contribution in [-0.4, -0.2) is 62.3 Å². The number of rotatable bonds is 4. The van der Waals surface area contributed by atoms with Crippen molar-refractivity contribution in [3.8, 4) is 0 Å². The van der Waals surface area contributed by atoms with Crippen LogP contribution in [0.2, 0.25) is 0 Å². The van der Waals surface area contributed by atoms with E-state index in [0.29, 0.717) is 11.8 Å². The van der Waals surface area contributed by atoms with Gasteiger partial charge in [-0.05, 0) is 52.9 Å². The van der Waals surface area contributed by atoms with Crippen LogP contribution in [0.4, 0.5) is 0 Å². The lowest BCUT2D eigenvalue weighted by molar-refractivity contribution is -0.00167. The maximum absolute atomic E-state index is 10.3. The van der Waals surface area contributed by atoms with Gasteiger partial charge in [0.25, 0.3) is 0 Å². The Bertz CT molecular complexity index is 164. The van der Waals surface area contributed by atoms with E-state index in [1.807, 2.05) is 0 Å². The third kappa shape index (κ3) is 4.09. The fourth-order valence-corrected chi connectivity index (χ4v) is 2.71. The van der Waals surface area contributed by atoms with Gasteiger partial charge in [0.15, 0.2) is 0 Å². The van der Waals surface area contributed by atoms with E-state index in [9.17, 15) is 5.11 Å². The van der Waals surface area contributed by atoms with E-state index in [2.05, 4.69) is 38.0 Å². The van der Waals surface area contributed by atoms with Crippen LogP contribution in [0, 0.1) is 11.8 Å². The van der Waals surface area contributed by atoms with Crippen molar-refractivity contribution in [2.24, 2.45) is 11.8 Å². The molecule has 2 atom stereocenters. The molecule has 0 heterocycles. The normalized spacial score (nSPS) is 29.0. The molecule has 0 aromatic carbocycles. The van der Waals surface area contributed by atoms with Crippen LogP contribution >= 0.6 is 0 Å².